The summed E-state index contributed by atoms with van der Waals surface area (Å²) in [7, 11) is -0.810. The van der Waals surface area contributed by atoms with E-state index in [0.29, 0.717) is 19.8 Å². The molecule has 0 radical (unpaired) electrons. The molecule has 0 aliphatic rings. The number of hydrogen-bond donors (Lipinski definition) is 0. The van der Waals surface area contributed by atoms with Gasteiger partial charge in [-0.15, -0.1) is 0 Å². The maximum Gasteiger partial charge on any atom is 0.500 e. The third-order valence-corrected chi connectivity index (χ3v) is 6.35. The molecule has 5 heteroatoms. The van der Waals surface area contributed by atoms with Crippen LogP contribution in [-0.4, -0.2) is 35.7 Å². The van der Waals surface area contributed by atoms with Crippen molar-refractivity contribution in [2.45, 2.75) is 39.7 Å². The fourth-order valence-electron chi connectivity index (χ4n) is 2.30. The van der Waals surface area contributed by atoms with Crippen LogP contribution >= 0.6 is 0 Å². The van der Waals surface area contributed by atoms with Crippen LogP contribution in [0.2, 0.25) is 6.04 Å². The summed E-state index contributed by atoms with van der Waals surface area (Å²) >= 11 is 0. The number of hydrogen-bond acceptors (Lipinski definition) is 4. The summed E-state index contributed by atoms with van der Waals surface area (Å²) in [6.45, 7) is 7.87. The number of aryl methyl sites for hydroxylation is 1. The van der Waals surface area contributed by atoms with Gasteiger partial charge in [-0.05, 0) is 51.3 Å². The highest BCUT2D eigenvalue weighted by Gasteiger charge is 2.39. The molecule has 4 nitrogen and oxygen atoms in total. The Kier molecular flexibility index (Phi) is 8.60. The first kappa shape index (κ1) is 18.2. The first-order chi connectivity index (χ1) is 10.2. The fourth-order valence-corrected chi connectivity index (χ4v) is 4.91. The van der Waals surface area contributed by atoms with Crippen molar-refractivity contribution in [1.82, 2.24) is 0 Å². The molecular formula is C16H28O4Si. The van der Waals surface area contributed by atoms with Crippen molar-refractivity contribution in [2.75, 3.05) is 26.9 Å². The molecule has 0 atom stereocenters. The molecule has 0 spiro atoms. The van der Waals surface area contributed by atoms with Crippen molar-refractivity contribution in [3.63, 3.8) is 0 Å². The summed E-state index contributed by atoms with van der Waals surface area (Å²) < 4.78 is 22.7. The van der Waals surface area contributed by atoms with Crippen molar-refractivity contribution in [3.05, 3.63) is 29.8 Å². The molecular weight excluding hydrogens is 284 g/mol. The second-order valence-corrected chi connectivity index (χ2v) is 7.42. The Morgan fingerprint density at radius 1 is 0.857 bits per heavy atom. The van der Waals surface area contributed by atoms with Crippen molar-refractivity contribution in [3.8, 4) is 5.75 Å². The van der Waals surface area contributed by atoms with Crippen LogP contribution in [0, 0.1) is 0 Å². The minimum atomic E-state index is -2.49. The van der Waals surface area contributed by atoms with Gasteiger partial charge in [-0.3, -0.25) is 0 Å². The van der Waals surface area contributed by atoms with Crippen molar-refractivity contribution < 1.29 is 18.0 Å². The van der Waals surface area contributed by atoms with E-state index in [0.717, 1.165) is 24.6 Å². The highest BCUT2D eigenvalue weighted by molar-refractivity contribution is 6.60. The molecule has 0 aliphatic carbocycles. The van der Waals surface area contributed by atoms with Crippen molar-refractivity contribution >= 4 is 8.80 Å². The van der Waals surface area contributed by atoms with Gasteiger partial charge < -0.3 is 18.0 Å². The van der Waals surface area contributed by atoms with E-state index in [9.17, 15) is 0 Å². The summed E-state index contributed by atoms with van der Waals surface area (Å²) in [5.74, 6) is 0.889. The van der Waals surface area contributed by atoms with Crippen molar-refractivity contribution in [1.29, 1.82) is 0 Å². The summed E-state index contributed by atoms with van der Waals surface area (Å²) in [5.41, 5.74) is 1.29. The lowest BCUT2D eigenvalue weighted by Gasteiger charge is -2.28. The molecule has 0 saturated heterocycles. The number of methoxy groups -OCH3 is 1. The average molecular weight is 312 g/mol. The zero-order chi connectivity index (χ0) is 15.6. The van der Waals surface area contributed by atoms with Crippen LogP contribution in [0.5, 0.6) is 5.75 Å². The van der Waals surface area contributed by atoms with Crippen LogP contribution in [0.1, 0.15) is 32.8 Å². The molecule has 0 N–H and O–H groups in total. The summed E-state index contributed by atoms with van der Waals surface area (Å²) in [6, 6.07) is 9.05. The molecule has 1 rings (SSSR count). The van der Waals surface area contributed by atoms with Crippen molar-refractivity contribution in [2.24, 2.45) is 0 Å². The number of benzene rings is 1. The topological polar surface area (TPSA) is 36.9 Å². The molecule has 21 heavy (non-hydrogen) atoms. The van der Waals surface area contributed by atoms with Gasteiger partial charge in [-0.2, -0.15) is 0 Å². The van der Waals surface area contributed by atoms with E-state index in [1.54, 1.807) is 7.11 Å². The van der Waals surface area contributed by atoms with Crippen LogP contribution in [0.3, 0.4) is 0 Å². The van der Waals surface area contributed by atoms with Gasteiger partial charge in [0.1, 0.15) is 5.75 Å². The van der Waals surface area contributed by atoms with Crippen LogP contribution in [0.4, 0.5) is 0 Å². The Morgan fingerprint density at radius 2 is 1.38 bits per heavy atom. The normalized spacial score (nSPS) is 11.6. The SMILES string of the molecule is CCO[Si](CCCc1ccc(OC)cc1)(OCC)OCC. The highest BCUT2D eigenvalue weighted by atomic mass is 28.4. The lowest BCUT2D eigenvalue weighted by Crippen LogP contribution is -2.46. The molecule has 0 amide bonds. The zero-order valence-corrected chi connectivity index (χ0v) is 14.7. The van der Waals surface area contributed by atoms with E-state index in [-0.39, 0.29) is 0 Å². The van der Waals surface area contributed by atoms with E-state index in [1.165, 1.54) is 5.56 Å². The predicted octanol–water partition coefficient (Wildman–Crippen LogP) is 3.68. The minimum Gasteiger partial charge on any atom is -0.497 e. The average Bonchev–Trinajstić information content (AvgIpc) is 2.49. The second kappa shape index (κ2) is 9.95. The molecule has 1 aromatic rings. The van der Waals surface area contributed by atoms with Crippen LogP contribution in [0.25, 0.3) is 0 Å². The van der Waals surface area contributed by atoms with Crippen LogP contribution in [-0.2, 0) is 19.7 Å². The standard InChI is InChI=1S/C16H28O4Si/c1-5-18-21(19-6-2,20-7-3)14-8-9-15-10-12-16(17-4)13-11-15/h10-13H,5-9,14H2,1-4H3. The van der Waals surface area contributed by atoms with E-state index in [4.69, 9.17) is 18.0 Å². The molecule has 0 aliphatic heterocycles. The Hall–Kier alpha value is -0.883. The lowest BCUT2D eigenvalue weighted by molar-refractivity contribution is 0.0708. The molecule has 120 valence electrons. The Labute approximate surface area is 129 Å². The molecule has 0 bridgehead atoms. The van der Waals surface area contributed by atoms with E-state index in [1.807, 2.05) is 32.9 Å². The first-order valence-corrected chi connectivity index (χ1v) is 9.67. The zero-order valence-electron chi connectivity index (χ0n) is 13.7. The largest absolute Gasteiger partial charge is 0.500 e. The maximum absolute atomic E-state index is 5.86. The number of rotatable bonds is 11. The molecule has 1 aromatic carbocycles. The van der Waals surface area contributed by atoms with Gasteiger partial charge in [0.2, 0.25) is 0 Å². The highest BCUT2D eigenvalue weighted by Crippen LogP contribution is 2.20. The van der Waals surface area contributed by atoms with Gasteiger partial charge in [0.05, 0.1) is 7.11 Å². The fraction of sp³-hybridized carbons (Fsp3) is 0.625. The smallest absolute Gasteiger partial charge is 0.497 e. The molecule has 0 heterocycles. The van der Waals surface area contributed by atoms with Gasteiger partial charge >= 0.3 is 8.80 Å². The molecule has 0 aromatic heterocycles. The van der Waals surface area contributed by atoms with Gasteiger partial charge in [-0.25, -0.2) is 0 Å². The van der Waals surface area contributed by atoms with E-state index in [2.05, 4.69) is 12.1 Å². The predicted molar refractivity (Wildman–Crippen MR) is 86.8 cm³/mol. The summed E-state index contributed by atoms with van der Waals surface area (Å²) in [6.07, 6.45) is 1.99. The van der Waals surface area contributed by atoms with E-state index < -0.39 is 8.80 Å². The molecule has 0 saturated carbocycles. The van der Waals surface area contributed by atoms with Crippen LogP contribution in [0.15, 0.2) is 24.3 Å². The molecule has 0 unspecified atom stereocenters. The summed E-state index contributed by atoms with van der Waals surface area (Å²) in [5, 5.41) is 0. The van der Waals surface area contributed by atoms with Gasteiger partial charge in [-0.1, -0.05) is 12.1 Å². The Bertz CT molecular complexity index is 363. The Morgan fingerprint density at radius 3 is 1.81 bits per heavy atom. The third-order valence-electron chi connectivity index (χ3n) is 3.20. The van der Waals surface area contributed by atoms with Gasteiger partial charge in [0.25, 0.3) is 0 Å². The monoisotopic (exact) mass is 312 g/mol. The Balaban J connectivity index is 2.54. The quantitative estimate of drug-likeness (QED) is 0.584. The molecule has 0 fully saturated rings. The van der Waals surface area contributed by atoms with Gasteiger partial charge in [0, 0.05) is 25.9 Å². The van der Waals surface area contributed by atoms with Gasteiger partial charge in [0.15, 0.2) is 0 Å². The lowest BCUT2D eigenvalue weighted by atomic mass is 10.1. The van der Waals surface area contributed by atoms with Crippen LogP contribution < -0.4 is 4.74 Å². The summed E-state index contributed by atoms with van der Waals surface area (Å²) in [4.78, 5) is 0. The third kappa shape index (κ3) is 6.18. The first-order valence-electron chi connectivity index (χ1n) is 7.74. The number of ether oxygens (including phenoxy) is 1. The minimum absolute atomic E-state index is 0.634. The van der Waals surface area contributed by atoms with E-state index >= 15 is 0 Å². The second-order valence-electron chi connectivity index (χ2n) is 4.68. The maximum atomic E-state index is 5.86.